The molecule has 0 aliphatic rings. The highest BCUT2D eigenvalue weighted by Crippen LogP contribution is 2.23. The Kier molecular flexibility index (Phi) is 7.88. The Morgan fingerprint density at radius 1 is 1.22 bits per heavy atom. The Bertz CT molecular complexity index is 796. The van der Waals surface area contributed by atoms with Crippen LogP contribution in [0.1, 0.15) is 22.8 Å². The van der Waals surface area contributed by atoms with Crippen LogP contribution in [0.4, 0.5) is 11.4 Å². The van der Waals surface area contributed by atoms with E-state index in [1.54, 1.807) is 18.2 Å². The Morgan fingerprint density at radius 3 is 2.56 bits per heavy atom. The van der Waals surface area contributed by atoms with Gasteiger partial charge in [-0.15, -0.1) is 0 Å². The van der Waals surface area contributed by atoms with Crippen LogP contribution in [0.25, 0.3) is 0 Å². The van der Waals surface area contributed by atoms with E-state index in [0.717, 1.165) is 13.1 Å². The van der Waals surface area contributed by atoms with Gasteiger partial charge in [0.1, 0.15) is 0 Å². The predicted octanol–water partition coefficient (Wildman–Crippen LogP) is 4.25. The number of anilines is 2. The number of halogens is 1. The molecule has 2 aromatic carbocycles. The first-order valence-corrected chi connectivity index (χ1v) is 9.47. The highest BCUT2D eigenvalue weighted by atomic mass is 35.5. The van der Waals surface area contributed by atoms with Gasteiger partial charge < -0.3 is 20.3 Å². The van der Waals surface area contributed by atoms with E-state index in [1.807, 2.05) is 0 Å². The summed E-state index contributed by atoms with van der Waals surface area (Å²) in [5.74, 6) is -0.426. The highest BCUT2D eigenvalue weighted by molar-refractivity contribution is 7.80. The summed E-state index contributed by atoms with van der Waals surface area (Å²) >= 11 is 11.5. The van der Waals surface area contributed by atoms with Crippen LogP contribution in [0, 0.1) is 6.92 Å². The number of ether oxygens (including phenoxy) is 1. The molecular weight excluding hydrogens is 382 g/mol. The lowest BCUT2D eigenvalue weighted by molar-refractivity contribution is 0.0601. The van der Waals surface area contributed by atoms with Crippen molar-refractivity contribution in [2.75, 3.05) is 37.0 Å². The van der Waals surface area contributed by atoms with Gasteiger partial charge in [0, 0.05) is 25.3 Å². The fraction of sp³-hybridized carbons (Fsp3) is 0.300. The number of nitrogens with one attached hydrogen (secondary N) is 2. The van der Waals surface area contributed by atoms with Gasteiger partial charge in [0.15, 0.2) is 5.11 Å². The molecular formula is C20H24ClN3O2S. The Morgan fingerprint density at radius 2 is 1.93 bits per heavy atom. The molecule has 2 aromatic rings. The summed E-state index contributed by atoms with van der Waals surface area (Å²) in [5.41, 5.74) is 3.38. The Balaban J connectivity index is 1.90. The van der Waals surface area contributed by atoms with Gasteiger partial charge in [-0.3, -0.25) is 0 Å². The second-order valence-corrected chi connectivity index (χ2v) is 6.80. The van der Waals surface area contributed by atoms with E-state index in [4.69, 9.17) is 28.6 Å². The van der Waals surface area contributed by atoms with E-state index in [1.165, 1.54) is 18.4 Å². The van der Waals surface area contributed by atoms with Crippen molar-refractivity contribution in [2.24, 2.45) is 0 Å². The van der Waals surface area contributed by atoms with E-state index in [-0.39, 0.29) is 0 Å². The number of nitrogens with zero attached hydrogens (tertiary/aromatic N) is 1. The minimum Gasteiger partial charge on any atom is -0.465 e. The van der Waals surface area contributed by atoms with E-state index < -0.39 is 5.97 Å². The molecule has 0 aromatic heterocycles. The van der Waals surface area contributed by atoms with Gasteiger partial charge >= 0.3 is 5.97 Å². The summed E-state index contributed by atoms with van der Waals surface area (Å²) in [6.07, 6.45) is 0. The first kappa shape index (κ1) is 21.0. The second kappa shape index (κ2) is 10.1. The van der Waals surface area contributed by atoms with Gasteiger partial charge in [-0.25, -0.2) is 4.79 Å². The molecule has 0 bridgehead atoms. The zero-order valence-electron chi connectivity index (χ0n) is 15.7. The molecule has 0 unspecified atom stereocenters. The van der Waals surface area contributed by atoms with Crippen molar-refractivity contribution in [1.82, 2.24) is 5.32 Å². The van der Waals surface area contributed by atoms with Gasteiger partial charge in [-0.2, -0.15) is 0 Å². The fourth-order valence-electron chi connectivity index (χ4n) is 2.56. The molecule has 0 fully saturated rings. The largest absolute Gasteiger partial charge is 0.465 e. The van der Waals surface area contributed by atoms with Crippen molar-refractivity contribution in [3.63, 3.8) is 0 Å². The number of aryl methyl sites for hydroxylation is 1. The molecule has 7 heteroatoms. The number of esters is 1. The third-order valence-electron chi connectivity index (χ3n) is 4.08. The summed E-state index contributed by atoms with van der Waals surface area (Å²) in [5, 5.41) is 7.12. The summed E-state index contributed by atoms with van der Waals surface area (Å²) < 4.78 is 4.73. The SMILES string of the molecule is CCN(CCNC(=S)Nc1cc(C(=O)OC)ccc1Cl)c1ccc(C)cc1. The molecule has 5 nitrogen and oxygen atoms in total. The first-order valence-electron chi connectivity index (χ1n) is 8.69. The molecule has 0 saturated carbocycles. The van der Waals surface area contributed by atoms with Gasteiger partial charge in [-0.1, -0.05) is 29.3 Å². The lowest BCUT2D eigenvalue weighted by Crippen LogP contribution is -2.37. The molecule has 0 spiro atoms. The quantitative estimate of drug-likeness (QED) is 0.530. The normalized spacial score (nSPS) is 10.2. The topological polar surface area (TPSA) is 53.6 Å². The summed E-state index contributed by atoms with van der Waals surface area (Å²) in [6, 6.07) is 13.3. The zero-order valence-corrected chi connectivity index (χ0v) is 17.3. The third-order valence-corrected chi connectivity index (χ3v) is 4.66. The molecule has 2 N–H and O–H groups in total. The maximum Gasteiger partial charge on any atom is 0.337 e. The van der Waals surface area contributed by atoms with Crippen molar-refractivity contribution < 1.29 is 9.53 Å². The fourth-order valence-corrected chi connectivity index (χ4v) is 2.94. The molecule has 0 heterocycles. The number of methoxy groups -OCH3 is 1. The van der Waals surface area contributed by atoms with Gasteiger partial charge in [0.2, 0.25) is 0 Å². The number of hydrogen-bond donors (Lipinski definition) is 2. The van der Waals surface area contributed by atoms with Crippen LogP contribution in [-0.2, 0) is 4.74 Å². The maximum atomic E-state index is 11.7. The molecule has 0 aliphatic heterocycles. The van der Waals surface area contributed by atoms with Crippen molar-refractivity contribution in [3.05, 3.63) is 58.6 Å². The smallest absolute Gasteiger partial charge is 0.337 e. The van der Waals surface area contributed by atoms with Crippen molar-refractivity contribution in [1.29, 1.82) is 0 Å². The highest BCUT2D eigenvalue weighted by Gasteiger charge is 2.10. The number of thiocarbonyl (C=S) groups is 1. The Hall–Kier alpha value is -2.31. The first-order chi connectivity index (χ1) is 12.9. The van der Waals surface area contributed by atoms with Crippen molar-refractivity contribution >= 4 is 46.3 Å². The summed E-state index contributed by atoms with van der Waals surface area (Å²) in [4.78, 5) is 13.9. The van der Waals surface area contributed by atoms with Crippen LogP contribution in [0.15, 0.2) is 42.5 Å². The van der Waals surface area contributed by atoms with Crippen LogP contribution in [0.5, 0.6) is 0 Å². The van der Waals surface area contributed by atoms with E-state index >= 15 is 0 Å². The minimum atomic E-state index is -0.426. The second-order valence-electron chi connectivity index (χ2n) is 5.98. The molecule has 0 atom stereocenters. The Labute approximate surface area is 170 Å². The summed E-state index contributed by atoms with van der Waals surface area (Å²) in [7, 11) is 1.34. The molecule has 0 radical (unpaired) electrons. The number of carbonyl (C=O) groups is 1. The van der Waals surface area contributed by atoms with Gasteiger partial charge in [0.25, 0.3) is 0 Å². The monoisotopic (exact) mass is 405 g/mol. The maximum absolute atomic E-state index is 11.7. The van der Waals surface area contributed by atoms with Gasteiger partial charge in [0.05, 0.1) is 23.4 Å². The number of benzene rings is 2. The molecule has 27 heavy (non-hydrogen) atoms. The van der Waals surface area contributed by atoms with Crippen LogP contribution in [-0.4, -0.2) is 37.8 Å². The van der Waals surface area contributed by atoms with Crippen LogP contribution < -0.4 is 15.5 Å². The number of carbonyl (C=O) groups excluding carboxylic acids is 1. The molecule has 0 aliphatic carbocycles. The average Bonchev–Trinajstić information content (AvgIpc) is 2.67. The average molecular weight is 406 g/mol. The van der Waals surface area contributed by atoms with Crippen LogP contribution >= 0.6 is 23.8 Å². The lowest BCUT2D eigenvalue weighted by Gasteiger charge is -2.24. The van der Waals surface area contributed by atoms with Crippen molar-refractivity contribution in [2.45, 2.75) is 13.8 Å². The standard InChI is InChI=1S/C20H24ClN3O2S/c1-4-24(16-8-5-14(2)6-9-16)12-11-22-20(27)23-18-13-15(19(25)26-3)7-10-17(18)21/h5-10,13H,4,11-12H2,1-3H3,(H2,22,23,27). The van der Waals surface area contributed by atoms with Crippen LogP contribution in [0.2, 0.25) is 5.02 Å². The van der Waals surface area contributed by atoms with E-state index in [2.05, 4.69) is 53.6 Å². The molecule has 0 amide bonds. The van der Waals surface area contributed by atoms with Gasteiger partial charge in [-0.05, 0) is 56.4 Å². The number of hydrogen-bond acceptors (Lipinski definition) is 4. The summed E-state index contributed by atoms with van der Waals surface area (Å²) in [6.45, 7) is 6.57. The number of rotatable bonds is 7. The molecule has 144 valence electrons. The minimum absolute atomic E-state index is 0.406. The lowest BCUT2D eigenvalue weighted by atomic mass is 10.2. The number of likely N-dealkylation sites (N-methyl/N-ethyl adjacent to an activating group) is 1. The van der Waals surface area contributed by atoms with E-state index in [9.17, 15) is 4.79 Å². The van der Waals surface area contributed by atoms with Crippen molar-refractivity contribution in [3.8, 4) is 0 Å². The molecule has 2 rings (SSSR count). The predicted molar refractivity (Wildman–Crippen MR) is 116 cm³/mol. The molecule has 0 saturated heterocycles. The van der Waals surface area contributed by atoms with E-state index in [0.29, 0.717) is 27.9 Å². The third kappa shape index (κ3) is 6.12. The zero-order chi connectivity index (χ0) is 19.8. The van der Waals surface area contributed by atoms with Crippen LogP contribution in [0.3, 0.4) is 0 Å².